The Hall–Kier alpha value is -0.930. The molecule has 1 heterocycles. The Labute approximate surface area is 201 Å². The predicted octanol–water partition coefficient (Wildman–Crippen LogP) is 5.32. The third kappa shape index (κ3) is 5.19. The third-order valence-electron chi connectivity index (χ3n) is 5.28. The molecule has 1 aromatic heterocycles. The zero-order valence-corrected chi connectivity index (χ0v) is 21.2. The lowest BCUT2D eigenvalue weighted by atomic mass is 9.70. The molecule has 0 amide bonds. The van der Waals surface area contributed by atoms with E-state index in [0.717, 1.165) is 24.6 Å². The summed E-state index contributed by atoms with van der Waals surface area (Å²) in [6.07, 6.45) is 3.64. The molecule has 0 radical (unpaired) electrons. The molecule has 11 heteroatoms. The molecule has 1 aliphatic rings. The summed E-state index contributed by atoms with van der Waals surface area (Å²) in [6, 6.07) is 1.55. The standard InChI is InChI=1S/C20H27Cl3N2O5S/c1-6-7-8-19(30-11-15(26)27)10-12(21)16(22)18(2,3)20(19,23)31-17-24-13(28-4)9-14(25-17)29-5/h9-10,16H,6-8,11H2,1-5H3,(H,26,27). The van der Waals surface area contributed by atoms with E-state index < -0.39 is 33.2 Å². The van der Waals surface area contributed by atoms with Gasteiger partial charge in [0, 0.05) is 10.4 Å². The van der Waals surface area contributed by atoms with Gasteiger partial charge in [-0.05, 0) is 12.5 Å². The Balaban J connectivity index is 2.69. The molecule has 7 nitrogen and oxygen atoms in total. The molecule has 0 saturated heterocycles. The van der Waals surface area contributed by atoms with Crippen molar-refractivity contribution in [1.29, 1.82) is 0 Å². The van der Waals surface area contributed by atoms with Gasteiger partial charge >= 0.3 is 5.97 Å². The van der Waals surface area contributed by atoms with Crippen LogP contribution in [0.5, 0.6) is 11.8 Å². The molecule has 0 aromatic carbocycles. The first-order chi connectivity index (χ1) is 14.5. The highest BCUT2D eigenvalue weighted by molar-refractivity contribution is 8.01. The highest BCUT2D eigenvalue weighted by atomic mass is 35.5. The number of aliphatic carboxylic acids is 1. The number of carbonyl (C=O) groups is 1. The van der Waals surface area contributed by atoms with Gasteiger partial charge in [0.2, 0.25) is 11.8 Å². The normalized spacial score (nSPS) is 27.5. The van der Waals surface area contributed by atoms with E-state index in [1.54, 1.807) is 12.1 Å². The summed E-state index contributed by atoms with van der Waals surface area (Å²) in [5.41, 5.74) is -2.11. The Morgan fingerprint density at radius 3 is 2.32 bits per heavy atom. The number of carboxylic acid groups (broad SMARTS) is 1. The first-order valence-electron chi connectivity index (χ1n) is 9.69. The van der Waals surface area contributed by atoms with Crippen LogP contribution in [0.4, 0.5) is 0 Å². The number of ether oxygens (including phenoxy) is 3. The van der Waals surface area contributed by atoms with Gasteiger partial charge in [-0.3, -0.25) is 0 Å². The maximum absolute atomic E-state index is 11.4. The van der Waals surface area contributed by atoms with Crippen molar-refractivity contribution in [3.63, 3.8) is 0 Å². The van der Waals surface area contributed by atoms with E-state index in [0.29, 0.717) is 23.2 Å². The number of carboxylic acids is 1. The van der Waals surface area contributed by atoms with Gasteiger partial charge in [-0.25, -0.2) is 4.79 Å². The number of thioether (sulfide) groups is 1. The lowest BCUT2D eigenvalue weighted by Gasteiger charge is -2.56. The van der Waals surface area contributed by atoms with Crippen molar-refractivity contribution in [1.82, 2.24) is 9.97 Å². The second-order valence-electron chi connectivity index (χ2n) is 7.72. The minimum Gasteiger partial charge on any atom is -0.481 e. The molecular weight excluding hydrogens is 487 g/mol. The molecule has 31 heavy (non-hydrogen) atoms. The van der Waals surface area contributed by atoms with Crippen molar-refractivity contribution < 1.29 is 24.1 Å². The maximum atomic E-state index is 11.4. The van der Waals surface area contributed by atoms with Gasteiger partial charge in [-0.1, -0.05) is 57.0 Å². The average Bonchev–Trinajstić information content (AvgIpc) is 2.73. The van der Waals surface area contributed by atoms with Crippen molar-refractivity contribution in [2.45, 2.75) is 60.4 Å². The minimum absolute atomic E-state index is 0.273. The number of allylic oxidation sites excluding steroid dienone is 1. The van der Waals surface area contributed by atoms with Gasteiger partial charge in [0.1, 0.15) is 16.4 Å². The SMILES string of the molecule is CCCCC1(OCC(=O)O)C=C(Cl)C(Cl)C(C)(C)C1(Cl)Sc1nc(OC)cc(OC)n1. The van der Waals surface area contributed by atoms with E-state index in [2.05, 4.69) is 9.97 Å². The molecule has 2 rings (SSSR count). The quantitative estimate of drug-likeness (QED) is 0.332. The van der Waals surface area contributed by atoms with Crippen LogP contribution in [0.25, 0.3) is 0 Å². The molecule has 3 unspecified atom stereocenters. The predicted molar refractivity (Wildman–Crippen MR) is 123 cm³/mol. The van der Waals surface area contributed by atoms with Gasteiger partial charge < -0.3 is 19.3 Å². The van der Waals surface area contributed by atoms with Crippen LogP contribution in [0.2, 0.25) is 0 Å². The highest BCUT2D eigenvalue weighted by Gasteiger charge is 2.65. The molecule has 1 N–H and O–H groups in total. The second-order valence-corrected chi connectivity index (χ2v) is 10.6. The Kier molecular flexibility index (Phi) is 8.78. The van der Waals surface area contributed by atoms with Gasteiger partial charge in [0.05, 0.1) is 25.7 Å². The van der Waals surface area contributed by atoms with E-state index >= 15 is 0 Å². The van der Waals surface area contributed by atoms with E-state index in [1.807, 2.05) is 20.8 Å². The molecule has 174 valence electrons. The topological polar surface area (TPSA) is 90.8 Å². The fourth-order valence-corrected chi connectivity index (χ4v) is 6.11. The molecule has 3 atom stereocenters. The summed E-state index contributed by atoms with van der Waals surface area (Å²) in [6.45, 7) is 5.20. The average molecular weight is 514 g/mol. The Morgan fingerprint density at radius 1 is 1.26 bits per heavy atom. The van der Waals surface area contributed by atoms with Gasteiger partial charge in [-0.15, -0.1) is 23.2 Å². The number of hydrogen-bond donors (Lipinski definition) is 1. The molecule has 1 aliphatic carbocycles. The lowest BCUT2D eigenvalue weighted by Crippen LogP contribution is -2.62. The van der Waals surface area contributed by atoms with Crippen LogP contribution in [-0.4, -0.2) is 57.1 Å². The fraction of sp³-hybridized carbons (Fsp3) is 0.650. The molecule has 0 bridgehead atoms. The Morgan fingerprint density at radius 2 is 1.84 bits per heavy atom. The van der Waals surface area contributed by atoms with E-state index in [9.17, 15) is 9.90 Å². The van der Waals surface area contributed by atoms with Crippen molar-refractivity contribution >= 4 is 52.5 Å². The summed E-state index contributed by atoms with van der Waals surface area (Å²) in [5.74, 6) is -0.524. The van der Waals surface area contributed by atoms with Crippen molar-refractivity contribution in [2.75, 3.05) is 20.8 Å². The van der Waals surface area contributed by atoms with Crippen LogP contribution < -0.4 is 9.47 Å². The highest BCUT2D eigenvalue weighted by Crippen LogP contribution is 2.64. The zero-order chi connectivity index (χ0) is 23.4. The molecular formula is C20H27Cl3N2O5S. The summed E-state index contributed by atoms with van der Waals surface area (Å²) in [4.78, 5) is 20.2. The van der Waals surface area contributed by atoms with Crippen LogP contribution in [0, 0.1) is 5.41 Å². The second kappa shape index (κ2) is 10.3. The lowest BCUT2D eigenvalue weighted by molar-refractivity contribution is -0.150. The van der Waals surface area contributed by atoms with Crippen molar-refractivity contribution in [3.05, 3.63) is 17.2 Å². The van der Waals surface area contributed by atoms with Gasteiger partial charge in [-0.2, -0.15) is 9.97 Å². The summed E-state index contributed by atoms with van der Waals surface area (Å²) in [5, 5.41) is 9.30. The fourth-order valence-electron chi connectivity index (χ4n) is 3.49. The molecule has 0 fully saturated rings. The molecule has 0 spiro atoms. The number of rotatable bonds is 10. The van der Waals surface area contributed by atoms with Crippen LogP contribution in [0.1, 0.15) is 40.0 Å². The smallest absolute Gasteiger partial charge is 0.329 e. The van der Waals surface area contributed by atoms with Crippen LogP contribution >= 0.6 is 46.6 Å². The first kappa shape index (κ1) is 26.3. The summed E-state index contributed by atoms with van der Waals surface area (Å²) in [7, 11) is 2.96. The molecule has 0 aliphatic heterocycles. The van der Waals surface area contributed by atoms with E-state index in [1.165, 1.54) is 14.2 Å². The monoisotopic (exact) mass is 512 g/mol. The first-order valence-corrected chi connectivity index (χ1v) is 11.7. The third-order valence-corrected chi connectivity index (χ3v) is 9.06. The van der Waals surface area contributed by atoms with Crippen LogP contribution in [-0.2, 0) is 9.53 Å². The maximum Gasteiger partial charge on any atom is 0.329 e. The molecule has 1 aromatic rings. The minimum atomic E-state index is -1.31. The largest absolute Gasteiger partial charge is 0.481 e. The Bertz CT molecular complexity index is 819. The number of unbranched alkanes of at least 4 members (excludes halogenated alkanes) is 1. The zero-order valence-electron chi connectivity index (χ0n) is 18.1. The number of hydrogen-bond acceptors (Lipinski definition) is 7. The number of alkyl halides is 2. The summed E-state index contributed by atoms with van der Waals surface area (Å²) < 4.78 is 15.2. The molecule has 0 saturated carbocycles. The van der Waals surface area contributed by atoms with Crippen LogP contribution in [0.15, 0.2) is 22.3 Å². The van der Waals surface area contributed by atoms with Crippen LogP contribution in [0.3, 0.4) is 0 Å². The van der Waals surface area contributed by atoms with E-state index in [-0.39, 0.29) is 5.16 Å². The van der Waals surface area contributed by atoms with Crippen molar-refractivity contribution in [3.8, 4) is 11.8 Å². The number of halogens is 3. The van der Waals surface area contributed by atoms with Gasteiger partial charge in [0.15, 0.2) is 5.16 Å². The summed E-state index contributed by atoms with van der Waals surface area (Å²) >= 11 is 21.7. The number of nitrogens with zero attached hydrogens (tertiary/aromatic N) is 2. The van der Waals surface area contributed by atoms with E-state index in [4.69, 9.17) is 49.0 Å². The van der Waals surface area contributed by atoms with Gasteiger partial charge in [0.25, 0.3) is 0 Å². The number of methoxy groups -OCH3 is 2. The van der Waals surface area contributed by atoms with Crippen molar-refractivity contribution in [2.24, 2.45) is 5.41 Å². The number of aromatic nitrogens is 2.